The SMILES string of the molecule is CN(CCCNC(=O)c1ccc(S(=O)(=O)Nc2ccccc2)cc1)CC(F)(F)F. The molecule has 2 aromatic carbocycles. The number of halogens is 3. The molecule has 0 heterocycles. The number of sulfonamides is 1. The maximum absolute atomic E-state index is 12.4. The van der Waals surface area contributed by atoms with E-state index < -0.39 is 28.7 Å². The van der Waals surface area contributed by atoms with Gasteiger partial charge >= 0.3 is 6.18 Å². The quantitative estimate of drug-likeness (QED) is 0.601. The molecule has 0 bridgehead atoms. The number of rotatable bonds is 9. The smallest absolute Gasteiger partial charge is 0.352 e. The van der Waals surface area contributed by atoms with Gasteiger partial charge in [-0.3, -0.25) is 14.4 Å². The summed E-state index contributed by atoms with van der Waals surface area (Å²) in [5, 5.41) is 2.60. The molecule has 0 radical (unpaired) electrons. The van der Waals surface area contributed by atoms with Gasteiger partial charge in [0, 0.05) is 17.8 Å². The van der Waals surface area contributed by atoms with Crippen LogP contribution in [0.3, 0.4) is 0 Å². The van der Waals surface area contributed by atoms with E-state index in [0.717, 1.165) is 4.90 Å². The third-order valence-electron chi connectivity index (χ3n) is 3.90. The van der Waals surface area contributed by atoms with Crippen LogP contribution in [0.5, 0.6) is 0 Å². The Hall–Kier alpha value is -2.59. The predicted molar refractivity (Wildman–Crippen MR) is 104 cm³/mol. The Kier molecular flexibility index (Phi) is 7.63. The van der Waals surface area contributed by atoms with Gasteiger partial charge in [0.05, 0.1) is 11.4 Å². The number of nitrogens with one attached hydrogen (secondary N) is 2. The third kappa shape index (κ3) is 7.74. The molecule has 10 heteroatoms. The summed E-state index contributed by atoms with van der Waals surface area (Å²) in [7, 11) is -2.42. The molecule has 0 aliphatic heterocycles. The van der Waals surface area contributed by atoms with Crippen LogP contribution in [-0.2, 0) is 10.0 Å². The summed E-state index contributed by atoms with van der Waals surface area (Å²) in [5.74, 6) is -0.427. The second kappa shape index (κ2) is 9.75. The van der Waals surface area contributed by atoms with Crippen LogP contribution in [0.15, 0.2) is 59.5 Å². The number of hydrogen-bond donors (Lipinski definition) is 2. The summed E-state index contributed by atoms with van der Waals surface area (Å²) in [6, 6.07) is 13.8. The van der Waals surface area contributed by atoms with Crippen LogP contribution in [-0.4, -0.2) is 52.1 Å². The van der Waals surface area contributed by atoms with E-state index >= 15 is 0 Å². The zero-order valence-electron chi connectivity index (χ0n) is 15.7. The van der Waals surface area contributed by atoms with Crippen molar-refractivity contribution in [3.05, 3.63) is 60.2 Å². The lowest BCUT2D eigenvalue weighted by atomic mass is 10.2. The fourth-order valence-corrected chi connectivity index (χ4v) is 3.60. The van der Waals surface area contributed by atoms with Gasteiger partial charge in [0.1, 0.15) is 0 Å². The van der Waals surface area contributed by atoms with E-state index in [1.165, 1.54) is 31.3 Å². The van der Waals surface area contributed by atoms with Gasteiger partial charge in [-0.05, 0) is 56.4 Å². The Morgan fingerprint density at radius 1 is 1.03 bits per heavy atom. The minimum atomic E-state index is -4.25. The first-order valence-corrected chi connectivity index (χ1v) is 10.3. The lowest BCUT2D eigenvalue weighted by molar-refractivity contribution is -0.143. The first kappa shape index (κ1) is 22.7. The minimum absolute atomic E-state index is 0.00618. The van der Waals surface area contributed by atoms with Crippen LogP contribution in [0.4, 0.5) is 18.9 Å². The molecule has 0 fully saturated rings. The summed E-state index contributed by atoms with van der Waals surface area (Å²) < 4.78 is 63.9. The van der Waals surface area contributed by atoms with Crippen LogP contribution in [0.25, 0.3) is 0 Å². The third-order valence-corrected chi connectivity index (χ3v) is 5.30. The van der Waals surface area contributed by atoms with Gasteiger partial charge < -0.3 is 5.32 Å². The molecular weight excluding hydrogens is 407 g/mol. The highest BCUT2D eigenvalue weighted by molar-refractivity contribution is 7.92. The molecule has 0 atom stereocenters. The fourth-order valence-electron chi connectivity index (χ4n) is 2.54. The van der Waals surface area contributed by atoms with Crippen LogP contribution in [0.1, 0.15) is 16.8 Å². The highest BCUT2D eigenvalue weighted by Gasteiger charge is 2.28. The first-order chi connectivity index (χ1) is 13.6. The lowest BCUT2D eigenvalue weighted by Gasteiger charge is -2.18. The molecule has 2 aromatic rings. The number of benzene rings is 2. The molecule has 29 heavy (non-hydrogen) atoms. The number of alkyl halides is 3. The van der Waals surface area contributed by atoms with Crippen LogP contribution in [0, 0.1) is 0 Å². The van der Waals surface area contributed by atoms with Crippen molar-refractivity contribution in [3.8, 4) is 0 Å². The summed E-state index contributed by atoms with van der Waals surface area (Å²) in [4.78, 5) is 13.2. The molecule has 6 nitrogen and oxygen atoms in total. The van der Waals surface area contributed by atoms with E-state index in [1.54, 1.807) is 30.3 Å². The molecule has 1 amide bonds. The number of amides is 1. The standard InChI is InChI=1S/C19H22F3N3O3S/c1-25(14-19(20,21)22)13-5-12-23-18(26)15-8-10-17(11-9-15)29(27,28)24-16-6-3-2-4-7-16/h2-4,6-11,24H,5,12-14H2,1H3,(H,23,26). The van der Waals surface area contributed by atoms with Crippen molar-refractivity contribution in [3.63, 3.8) is 0 Å². The Bertz CT molecular complexity index is 902. The van der Waals surface area contributed by atoms with Crippen molar-refractivity contribution in [2.45, 2.75) is 17.5 Å². The molecule has 0 saturated carbocycles. The molecule has 0 saturated heterocycles. The zero-order chi connectivity index (χ0) is 21.5. The highest BCUT2D eigenvalue weighted by atomic mass is 32.2. The molecule has 2 rings (SSSR count). The number of para-hydroxylation sites is 1. The van der Waals surface area contributed by atoms with Crippen molar-refractivity contribution in [1.29, 1.82) is 0 Å². The summed E-state index contributed by atoms with van der Waals surface area (Å²) in [6.07, 6.45) is -3.90. The van der Waals surface area contributed by atoms with E-state index in [1.807, 2.05) is 0 Å². The number of nitrogens with zero attached hydrogens (tertiary/aromatic N) is 1. The van der Waals surface area contributed by atoms with Gasteiger partial charge in [0.25, 0.3) is 15.9 Å². The fraction of sp³-hybridized carbons (Fsp3) is 0.316. The van der Waals surface area contributed by atoms with Gasteiger partial charge in [0.15, 0.2) is 0 Å². The molecule has 0 unspecified atom stereocenters. The Labute approximate surface area is 167 Å². The van der Waals surface area contributed by atoms with Crippen molar-refractivity contribution in [2.24, 2.45) is 0 Å². The molecule has 0 aliphatic rings. The molecule has 0 aliphatic carbocycles. The van der Waals surface area contributed by atoms with Gasteiger partial charge in [-0.1, -0.05) is 18.2 Å². The first-order valence-electron chi connectivity index (χ1n) is 8.78. The van der Waals surface area contributed by atoms with E-state index in [2.05, 4.69) is 10.0 Å². The second-order valence-electron chi connectivity index (χ2n) is 6.46. The van der Waals surface area contributed by atoms with Crippen LogP contribution < -0.4 is 10.0 Å². The zero-order valence-corrected chi connectivity index (χ0v) is 16.6. The summed E-state index contributed by atoms with van der Waals surface area (Å²) >= 11 is 0. The lowest BCUT2D eigenvalue weighted by Crippen LogP contribution is -2.33. The van der Waals surface area contributed by atoms with E-state index in [-0.39, 0.29) is 23.5 Å². The number of carbonyl (C=O) groups is 1. The average Bonchev–Trinajstić information content (AvgIpc) is 2.64. The Morgan fingerprint density at radius 3 is 2.24 bits per heavy atom. The summed E-state index contributed by atoms with van der Waals surface area (Å²) in [6.45, 7) is -0.618. The maximum atomic E-state index is 12.4. The van der Waals surface area contributed by atoms with Gasteiger partial charge in [-0.2, -0.15) is 13.2 Å². The normalized spacial score (nSPS) is 12.0. The number of anilines is 1. The van der Waals surface area contributed by atoms with Crippen molar-refractivity contribution < 1.29 is 26.4 Å². The van der Waals surface area contributed by atoms with Gasteiger partial charge in [-0.25, -0.2) is 8.42 Å². The largest absolute Gasteiger partial charge is 0.401 e. The number of hydrogen-bond acceptors (Lipinski definition) is 4. The van der Waals surface area contributed by atoms with Crippen molar-refractivity contribution in [1.82, 2.24) is 10.2 Å². The van der Waals surface area contributed by atoms with E-state index in [0.29, 0.717) is 12.1 Å². The molecule has 158 valence electrons. The maximum Gasteiger partial charge on any atom is 0.401 e. The van der Waals surface area contributed by atoms with Crippen LogP contribution in [0.2, 0.25) is 0 Å². The van der Waals surface area contributed by atoms with Gasteiger partial charge in [-0.15, -0.1) is 0 Å². The Balaban J connectivity index is 1.85. The predicted octanol–water partition coefficient (Wildman–Crippen LogP) is 3.10. The topological polar surface area (TPSA) is 78.5 Å². The molecule has 2 N–H and O–H groups in total. The van der Waals surface area contributed by atoms with Gasteiger partial charge in [0.2, 0.25) is 0 Å². The van der Waals surface area contributed by atoms with E-state index in [9.17, 15) is 26.4 Å². The minimum Gasteiger partial charge on any atom is -0.352 e. The van der Waals surface area contributed by atoms with Crippen molar-refractivity contribution >= 4 is 21.6 Å². The van der Waals surface area contributed by atoms with Crippen molar-refractivity contribution in [2.75, 3.05) is 31.4 Å². The molecule has 0 aromatic heterocycles. The monoisotopic (exact) mass is 429 g/mol. The molecular formula is C19H22F3N3O3S. The highest BCUT2D eigenvalue weighted by Crippen LogP contribution is 2.17. The number of carbonyl (C=O) groups excluding carboxylic acids is 1. The Morgan fingerprint density at radius 2 is 1.66 bits per heavy atom. The molecule has 0 spiro atoms. The van der Waals surface area contributed by atoms with Crippen LogP contribution >= 0.6 is 0 Å². The summed E-state index contributed by atoms with van der Waals surface area (Å²) in [5.41, 5.74) is 0.678. The van der Waals surface area contributed by atoms with E-state index in [4.69, 9.17) is 0 Å². The second-order valence-corrected chi connectivity index (χ2v) is 8.14. The average molecular weight is 429 g/mol.